The summed E-state index contributed by atoms with van der Waals surface area (Å²) in [6.07, 6.45) is 3.04. The summed E-state index contributed by atoms with van der Waals surface area (Å²) in [5.74, 6) is -0.480. The quantitative estimate of drug-likeness (QED) is 0.470. The van der Waals surface area contributed by atoms with Crippen molar-refractivity contribution in [3.63, 3.8) is 0 Å². The van der Waals surface area contributed by atoms with Crippen LogP contribution >= 0.6 is 11.6 Å². The highest BCUT2D eigenvalue weighted by molar-refractivity contribution is 7.89. The largest absolute Gasteiger partial charge is 0.383 e. The smallest absolute Gasteiger partial charge is 0.253 e. The number of hydrogen-bond acceptors (Lipinski definition) is 6. The highest BCUT2D eigenvalue weighted by Crippen LogP contribution is 2.22. The Morgan fingerprint density at radius 3 is 2.61 bits per heavy atom. The molecule has 0 fully saturated rings. The van der Waals surface area contributed by atoms with Crippen molar-refractivity contribution in [1.82, 2.24) is 24.8 Å². The van der Waals surface area contributed by atoms with Gasteiger partial charge in [0.15, 0.2) is 0 Å². The van der Waals surface area contributed by atoms with E-state index >= 15 is 0 Å². The average Bonchev–Trinajstić information content (AvgIpc) is 3.29. The molecular formula is C20H22ClN5O4S. The van der Waals surface area contributed by atoms with E-state index in [0.29, 0.717) is 0 Å². The molecule has 1 atom stereocenters. The van der Waals surface area contributed by atoms with Gasteiger partial charge in [0.25, 0.3) is 5.91 Å². The fourth-order valence-corrected chi connectivity index (χ4v) is 4.06. The molecule has 0 saturated carbocycles. The monoisotopic (exact) mass is 463 g/mol. The lowest BCUT2D eigenvalue weighted by molar-refractivity contribution is 0.0940. The van der Waals surface area contributed by atoms with E-state index in [9.17, 15) is 13.2 Å². The number of amides is 1. The molecule has 1 heterocycles. The van der Waals surface area contributed by atoms with E-state index in [0.717, 1.165) is 11.3 Å². The summed E-state index contributed by atoms with van der Waals surface area (Å²) in [5.41, 5.74) is 1.77. The number of nitrogens with zero attached hydrogens (tertiary/aromatic N) is 3. The molecule has 0 unspecified atom stereocenters. The number of rotatable bonds is 9. The number of benzene rings is 2. The van der Waals surface area contributed by atoms with Crippen molar-refractivity contribution >= 4 is 27.5 Å². The van der Waals surface area contributed by atoms with Crippen LogP contribution in [0, 0.1) is 0 Å². The van der Waals surface area contributed by atoms with Gasteiger partial charge in [-0.3, -0.25) is 4.79 Å². The zero-order valence-electron chi connectivity index (χ0n) is 16.9. The van der Waals surface area contributed by atoms with Gasteiger partial charge in [0.2, 0.25) is 10.0 Å². The Labute approximate surface area is 185 Å². The van der Waals surface area contributed by atoms with Crippen molar-refractivity contribution in [2.45, 2.75) is 17.9 Å². The SMILES string of the molecule is COCCNS(=O)(=O)c1ccc(Cl)c(C(=O)N[C@H](C)c2ccc(-n3cncn3)cc2)c1. The zero-order chi connectivity index (χ0) is 22.4. The minimum absolute atomic E-state index is 0.0528. The van der Waals surface area contributed by atoms with Crippen molar-refractivity contribution in [3.8, 4) is 5.69 Å². The standard InChI is InChI=1S/C20H22ClN5O4S/c1-14(15-3-5-16(6-4-15)26-13-22-12-23-26)25-20(27)18-11-17(7-8-19(18)21)31(28,29)24-9-10-30-2/h3-8,11-14,24H,9-10H2,1-2H3,(H,25,27)/t14-/m1/s1. The summed E-state index contributed by atoms with van der Waals surface area (Å²) < 4.78 is 33.7. The summed E-state index contributed by atoms with van der Waals surface area (Å²) in [6.45, 7) is 2.17. The second-order valence-corrected chi connectivity index (χ2v) is 8.83. The molecule has 0 aliphatic carbocycles. The van der Waals surface area contributed by atoms with Crippen molar-refractivity contribution < 1.29 is 17.9 Å². The molecule has 0 spiro atoms. The highest BCUT2D eigenvalue weighted by Gasteiger charge is 2.20. The van der Waals surface area contributed by atoms with Crippen LogP contribution in [0.2, 0.25) is 5.02 Å². The molecule has 0 saturated heterocycles. The van der Waals surface area contributed by atoms with E-state index in [1.807, 2.05) is 31.2 Å². The van der Waals surface area contributed by atoms with Crippen molar-refractivity contribution in [3.05, 3.63) is 71.3 Å². The number of ether oxygens (including phenoxy) is 1. The number of nitrogens with one attached hydrogen (secondary N) is 2. The van der Waals surface area contributed by atoms with Crippen LogP contribution in [0.4, 0.5) is 0 Å². The van der Waals surface area contributed by atoms with Crippen molar-refractivity contribution in [1.29, 1.82) is 0 Å². The van der Waals surface area contributed by atoms with Gasteiger partial charge in [-0.2, -0.15) is 5.10 Å². The second kappa shape index (κ2) is 10.0. The Bertz CT molecular complexity index is 1130. The zero-order valence-corrected chi connectivity index (χ0v) is 18.5. The molecule has 31 heavy (non-hydrogen) atoms. The van der Waals surface area contributed by atoms with Gasteiger partial charge >= 0.3 is 0 Å². The second-order valence-electron chi connectivity index (χ2n) is 6.66. The van der Waals surface area contributed by atoms with Gasteiger partial charge in [0, 0.05) is 13.7 Å². The van der Waals surface area contributed by atoms with Crippen LogP contribution in [0.15, 0.2) is 60.0 Å². The predicted octanol–water partition coefficient (Wildman–Crippen LogP) is 2.34. The third-order valence-corrected chi connectivity index (χ3v) is 6.30. The average molecular weight is 464 g/mol. The first-order valence-corrected chi connectivity index (χ1v) is 11.2. The van der Waals surface area contributed by atoms with Gasteiger partial charge < -0.3 is 10.1 Å². The van der Waals surface area contributed by atoms with Gasteiger partial charge in [-0.05, 0) is 42.8 Å². The van der Waals surface area contributed by atoms with E-state index in [4.69, 9.17) is 16.3 Å². The Morgan fingerprint density at radius 1 is 1.23 bits per heavy atom. The topological polar surface area (TPSA) is 115 Å². The lowest BCUT2D eigenvalue weighted by Crippen LogP contribution is -2.29. The fourth-order valence-electron chi connectivity index (χ4n) is 2.82. The van der Waals surface area contributed by atoms with Crippen molar-refractivity contribution in [2.24, 2.45) is 0 Å². The molecule has 0 bridgehead atoms. The molecule has 3 rings (SSSR count). The molecule has 3 aromatic rings. The van der Waals surface area contributed by atoms with Crippen LogP contribution in [0.3, 0.4) is 0 Å². The molecule has 11 heteroatoms. The highest BCUT2D eigenvalue weighted by atomic mass is 35.5. The molecular weight excluding hydrogens is 442 g/mol. The minimum atomic E-state index is -3.79. The van der Waals surface area contributed by atoms with Crippen molar-refractivity contribution in [2.75, 3.05) is 20.3 Å². The maximum absolute atomic E-state index is 12.8. The Kier molecular flexibility index (Phi) is 7.39. The van der Waals surface area contributed by atoms with E-state index < -0.39 is 15.9 Å². The third kappa shape index (κ3) is 5.67. The third-order valence-electron chi connectivity index (χ3n) is 4.52. The normalized spacial score (nSPS) is 12.5. The van der Waals surface area contributed by atoms with Crippen LogP contribution in [0.1, 0.15) is 28.9 Å². The molecule has 1 amide bonds. The van der Waals surface area contributed by atoms with E-state index in [1.54, 1.807) is 11.0 Å². The minimum Gasteiger partial charge on any atom is -0.383 e. The molecule has 1 aromatic heterocycles. The molecule has 2 N–H and O–H groups in total. The van der Waals surface area contributed by atoms with E-state index in [-0.39, 0.29) is 34.7 Å². The lowest BCUT2D eigenvalue weighted by Gasteiger charge is -2.16. The maximum atomic E-state index is 12.8. The summed E-state index contributed by atoms with van der Waals surface area (Å²) >= 11 is 6.16. The van der Waals surface area contributed by atoms with E-state index in [2.05, 4.69) is 20.1 Å². The van der Waals surface area contributed by atoms with E-state index in [1.165, 1.54) is 31.6 Å². The summed E-state index contributed by atoms with van der Waals surface area (Å²) in [4.78, 5) is 16.6. The Hall–Kier alpha value is -2.79. The van der Waals surface area contributed by atoms with Gasteiger partial charge in [-0.1, -0.05) is 23.7 Å². The van der Waals surface area contributed by atoms with Crippen LogP contribution in [-0.4, -0.2) is 49.4 Å². The number of carbonyl (C=O) groups excluding carboxylic acids is 1. The first kappa shape index (κ1) is 22.9. The lowest BCUT2D eigenvalue weighted by atomic mass is 10.1. The van der Waals surface area contributed by atoms with Crippen LogP contribution < -0.4 is 10.0 Å². The molecule has 0 aliphatic heterocycles. The molecule has 2 aromatic carbocycles. The van der Waals surface area contributed by atoms with Gasteiger partial charge in [-0.25, -0.2) is 22.8 Å². The number of methoxy groups -OCH3 is 1. The van der Waals surface area contributed by atoms with Crippen LogP contribution in [-0.2, 0) is 14.8 Å². The number of sulfonamides is 1. The van der Waals surface area contributed by atoms with Gasteiger partial charge in [0.05, 0.1) is 33.8 Å². The molecule has 0 aliphatic rings. The van der Waals surface area contributed by atoms with Crippen LogP contribution in [0.25, 0.3) is 5.69 Å². The number of carbonyl (C=O) groups is 1. The molecule has 0 radical (unpaired) electrons. The predicted molar refractivity (Wildman–Crippen MR) is 116 cm³/mol. The van der Waals surface area contributed by atoms with Gasteiger partial charge in [-0.15, -0.1) is 0 Å². The number of hydrogen-bond donors (Lipinski definition) is 2. The summed E-state index contributed by atoms with van der Waals surface area (Å²) in [6, 6.07) is 11.1. The number of halogens is 1. The van der Waals surface area contributed by atoms with Crippen LogP contribution in [0.5, 0.6) is 0 Å². The fraction of sp³-hybridized carbons (Fsp3) is 0.250. The number of aromatic nitrogens is 3. The summed E-state index contributed by atoms with van der Waals surface area (Å²) in [5, 5.41) is 7.07. The first-order chi connectivity index (χ1) is 14.8. The Morgan fingerprint density at radius 2 is 1.97 bits per heavy atom. The maximum Gasteiger partial charge on any atom is 0.253 e. The Balaban J connectivity index is 1.73. The molecule has 9 nitrogen and oxygen atoms in total. The molecule has 164 valence electrons. The summed E-state index contributed by atoms with van der Waals surface area (Å²) in [7, 11) is -2.32. The first-order valence-electron chi connectivity index (χ1n) is 9.36. The van der Waals surface area contributed by atoms with Gasteiger partial charge in [0.1, 0.15) is 12.7 Å².